The number of benzene rings is 1. The highest BCUT2D eigenvalue weighted by Crippen LogP contribution is 2.11. The molecular formula is C12H9F2NO. The number of hydrogen-bond acceptors (Lipinski definition) is 1. The third kappa shape index (κ3) is 2.00. The van der Waals surface area contributed by atoms with Crippen LogP contribution in [0, 0.1) is 11.6 Å². The summed E-state index contributed by atoms with van der Waals surface area (Å²) >= 11 is 0. The Morgan fingerprint density at radius 2 is 2.00 bits per heavy atom. The molecule has 0 aliphatic rings. The molecule has 0 aliphatic carbocycles. The number of aromatic nitrogens is 1. The second kappa shape index (κ2) is 4.26. The summed E-state index contributed by atoms with van der Waals surface area (Å²) in [5, 5.41) is 0. The molecule has 1 aromatic heterocycles. The third-order valence-electron chi connectivity index (χ3n) is 2.32. The van der Waals surface area contributed by atoms with Gasteiger partial charge in [-0.2, -0.15) is 0 Å². The molecule has 16 heavy (non-hydrogen) atoms. The number of carbonyl (C=O) groups is 1. The molecule has 4 heteroatoms. The van der Waals surface area contributed by atoms with Crippen molar-refractivity contribution in [3.8, 4) is 0 Å². The zero-order chi connectivity index (χ0) is 11.5. The standard InChI is InChI=1S/C12H9F2NO/c13-11-4-3-9(6-12(11)14)7-15-5-1-2-10(15)8-16/h1-6,8H,7H2. The van der Waals surface area contributed by atoms with E-state index in [1.807, 2.05) is 0 Å². The fraction of sp³-hybridized carbons (Fsp3) is 0.0833. The van der Waals surface area contributed by atoms with Crippen molar-refractivity contribution < 1.29 is 13.6 Å². The van der Waals surface area contributed by atoms with Crippen molar-refractivity contribution in [1.82, 2.24) is 4.57 Å². The molecule has 0 aliphatic heterocycles. The second-order valence-electron chi connectivity index (χ2n) is 3.43. The van der Waals surface area contributed by atoms with Crippen LogP contribution in [0.2, 0.25) is 0 Å². The van der Waals surface area contributed by atoms with Crippen LogP contribution >= 0.6 is 0 Å². The van der Waals surface area contributed by atoms with Crippen molar-refractivity contribution in [3.63, 3.8) is 0 Å². The van der Waals surface area contributed by atoms with E-state index in [4.69, 9.17) is 0 Å². The molecular weight excluding hydrogens is 212 g/mol. The molecule has 2 rings (SSSR count). The largest absolute Gasteiger partial charge is 0.341 e. The van der Waals surface area contributed by atoms with Crippen LogP contribution in [0.3, 0.4) is 0 Å². The minimum absolute atomic E-state index is 0.346. The van der Waals surface area contributed by atoms with Crippen LogP contribution < -0.4 is 0 Å². The summed E-state index contributed by atoms with van der Waals surface area (Å²) in [5.74, 6) is -1.75. The van der Waals surface area contributed by atoms with E-state index < -0.39 is 11.6 Å². The van der Waals surface area contributed by atoms with Gasteiger partial charge in [0.2, 0.25) is 0 Å². The smallest absolute Gasteiger partial charge is 0.166 e. The first-order chi connectivity index (χ1) is 7.70. The predicted octanol–water partition coefficient (Wildman–Crippen LogP) is 2.63. The Hall–Kier alpha value is -1.97. The zero-order valence-electron chi connectivity index (χ0n) is 8.36. The van der Waals surface area contributed by atoms with Crippen molar-refractivity contribution in [3.05, 3.63) is 59.4 Å². The molecule has 0 spiro atoms. The lowest BCUT2D eigenvalue weighted by Crippen LogP contribution is -2.02. The van der Waals surface area contributed by atoms with Gasteiger partial charge in [-0.1, -0.05) is 6.07 Å². The van der Waals surface area contributed by atoms with E-state index in [2.05, 4.69) is 0 Å². The molecule has 0 radical (unpaired) electrons. The number of rotatable bonds is 3. The maximum absolute atomic E-state index is 12.9. The quantitative estimate of drug-likeness (QED) is 0.730. The summed E-state index contributed by atoms with van der Waals surface area (Å²) in [4.78, 5) is 10.6. The summed E-state index contributed by atoms with van der Waals surface area (Å²) in [6.45, 7) is 0.346. The van der Waals surface area contributed by atoms with E-state index >= 15 is 0 Å². The van der Waals surface area contributed by atoms with Gasteiger partial charge in [0.05, 0.1) is 5.69 Å². The topological polar surface area (TPSA) is 22.0 Å². The Labute approximate surface area is 91.1 Å². The average molecular weight is 221 g/mol. The molecule has 0 saturated heterocycles. The molecule has 82 valence electrons. The Morgan fingerprint density at radius 3 is 2.69 bits per heavy atom. The molecule has 0 saturated carbocycles. The van der Waals surface area contributed by atoms with Crippen molar-refractivity contribution in [1.29, 1.82) is 0 Å². The summed E-state index contributed by atoms with van der Waals surface area (Å²) < 4.78 is 27.3. The van der Waals surface area contributed by atoms with E-state index in [1.54, 1.807) is 22.9 Å². The summed E-state index contributed by atoms with van der Waals surface area (Å²) in [6.07, 6.45) is 2.44. The summed E-state index contributed by atoms with van der Waals surface area (Å²) in [7, 11) is 0. The fourth-order valence-electron chi connectivity index (χ4n) is 1.51. The minimum atomic E-state index is -0.877. The van der Waals surface area contributed by atoms with Crippen LogP contribution in [-0.4, -0.2) is 10.9 Å². The highest BCUT2D eigenvalue weighted by Gasteiger charge is 2.04. The lowest BCUT2D eigenvalue weighted by atomic mass is 10.2. The maximum atomic E-state index is 12.9. The van der Waals surface area contributed by atoms with Crippen molar-refractivity contribution in [2.75, 3.05) is 0 Å². The molecule has 0 N–H and O–H groups in total. The van der Waals surface area contributed by atoms with Gasteiger partial charge >= 0.3 is 0 Å². The lowest BCUT2D eigenvalue weighted by Gasteiger charge is -2.05. The van der Waals surface area contributed by atoms with Gasteiger partial charge in [0, 0.05) is 12.7 Å². The summed E-state index contributed by atoms with van der Waals surface area (Å²) in [6, 6.07) is 7.09. The van der Waals surface area contributed by atoms with Gasteiger partial charge in [0.15, 0.2) is 17.9 Å². The van der Waals surface area contributed by atoms with Gasteiger partial charge in [-0.3, -0.25) is 4.79 Å². The lowest BCUT2D eigenvalue weighted by molar-refractivity contribution is 0.111. The molecule has 0 unspecified atom stereocenters. The van der Waals surface area contributed by atoms with E-state index in [-0.39, 0.29) is 0 Å². The van der Waals surface area contributed by atoms with Crippen LogP contribution in [-0.2, 0) is 6.54 Å². The van der Waals surface area contributed by atoms with Gasteiger partial charge in [0.1, 0.15) is 0 Å². The van der Waals surface area contributed by atoms with Crippen LogP contribution in [0.1, 0.15) is 16.1 Å². The van der Waals surface area contributed by atoms with Gasteiger partial charge in [-0.05, 0) is 29.8 Å². The highest BCUT2D eigenvalue weighted by molar-refractivity contribution is 5.72. The van der Waals surface area contributed by atoms with Gasteiger partial charge in [0.25, 0.3) is 0 Å². The summed E-state index contributed by atoms with van der Waals surface area (Å²) in [5.41, 5.74) is 1.11. The van der Waals surface area contributed by atoms with Crippen molar-refractivity contribution in [2.45, 2.75) is 6.54 Å². The molecule has 1 heterocycles. The SMILES string of the molecule is O=Cc1cccn1Cc1ccc(F)c(F)c1. The van der Waals surface area contributed by atoms with Crippen LogP contribution in [0.5, 0.6) is 0 Å². The zero-order valence-corrected chi connectivity index (χ0v) is 8.36. The van der Waals surface area contributed by atoms with Crippen molar-refractivity contribution >= 4 is 6.29 Å². The third-order valence-corrected chi connectivity index (χ3v) is 2.32. The number of carbonyl (C=O) groups excluding carboxylic acids is 1. The second-order valence-corrected chi connectivity index (χ2v) is 3.43. The Balaban J connectivity index is 2.27. The molecule has 2 aromatic rings. The van der Waals surface area contributed by atoms with Gasteiger partial charge in [-0.25, -0.2) is 8.78 Å². The van der Waals surface area contributed by atoms with Gasteiger partial charge < -0.3 is 4.57 Å². The Kier molecular flexibility index (Phi) is 2.81. The monoisotopic (exact) mass is 221 g/mol. The number of aldehydes is 1. The van der Waals surface area contributed by atoms with Gasteiger partial charge in [-0.15, -0.1) is 0 Å². The van der Waals surface area contributed by atoms with E-state index in [9.17, 15) is 13.6 Å². The molecule has 0 amide bonds. The molecule has 0 bridgehead atoms. The molecule has 1 aromatic carbocycles. The first-order valence-electron chi connectivity index (χ1n) is 4.75. The molecule has 0 fully saturated rings. The maximum Gasteiger partial charge on any atom is 0.166 e. The molecule has 0 atom stereocenters. The number of halogens is 2. The Bertz CT molecular complexity index is 519. The number of nitrogens with zero attached hydrogens (tertiary/aromatic N) is 1. The van der Waals surface area contributed by atoms with Crippen LogP contribution in [0.25, 0.3) is 0 Å². The van der Waals surface area contributed by atoms with Crippen LogP contribution in [0.4, 0.5) is 8.78 Å². The number of hydrogen-bond donors (Lipinski definition) is 0. The minimum Gasteiger partial charge on any atom is -0.341 e. The van der Waals surface area contributed by atoms with E-state index in [1.165, 1.54) is 6.07 Å². The van der Waals surface area contributed by atoms with E-state index in [0.717, 1.165) is 18.4 Å². The van der Waals surface area contributed by atoms with E-state index in [0.29, 0.717) is 17.8 Å². The van der Waals surface area contributed by atoms with Crippen LogP contribution in [0.15, 0.2) is 36.5 Å². The Morgan fingerprint density at radius 1 is 1.19 bits per heavy atom. The fourth-order valence-corrected chi connectivity index (χ4v) is 1.51. The normalized spacial score (nSPS) is 10.4. The highest BCUT2D eigenvalue weighted by atomic mass is 19.2. The molecule has 2 nitrogen and oxygen atoms in total. The van der Waals surface area contributed by atoms with Crippen molar-refractivity contribution in [2.24, 2.45) is 0 Å². The first kappa shape index (κ1) is 10.5. The predicted molar refractivity (Wildman–Crippen MR) is 55.3 cm³/mol. The first-order valence-corrected chi connectivity index (χ1v) is 4.75. The average Bonchev–Trinajstić information content (AvgIpc) is 2.71.